The Balaban J connectivity index is 0. The monoisotopic (exact) mass is 741 g/mol. The number of aromatic carboxylic acids is 1. The van der Waals surface area contributed by atoms with Crippen molar-refractivity contribution < 1.29 is 48.1 Å². The number of carbonyl (C=O) groups excluding carboxylic acids is 2. The van der Waals surface area contributed by atoms with Crippen LogP contribution in [0.1, 0.15) is 31.1 Å². The molecule has 0 aromatic heterocycles. The SMILES string of the molecule is CNOC.CON(C)C(=O)c1ccc([N+](=O)[O-])cc1.O=C(Cl)c1ccc([N+](=O)[O-])cc1.O=C(O)c1ccc([N+](=O)[O-])cc1.O=S(Cl)Cl. The first-order valence-electron chi connectivity index (χ1n) is 11.9. The molecule has 256 valence electrons. The van der Waals surface area contributed by atoms with E-state index >= 15 is 0 Å². The van der Waals surface area contributed by atoms with Crippen molar-refractivity contribution in [2.45, 2.75) is 0 Å². The normalized spacial score (nSPS) is 9.28. The van der Waals surface area contributed by atoms with Crippen molar-refractivity contribution in [3.8, 4) is 0 Å². The van der Waals surface area contributed by atoms with Gasteiger partial charge in [-0.05, 0) is 48.0 Å². The zero-order valence-corrected chi connectivity index (χ0v) is 27.7. The van der Waals surface area contributed by atoms with E-state index in [0.29, 0.717) is 5.56 Å². The molecule has 0 aliphatic carbocycles. The second kappa shape index (κ2) is 24.6. The molecule has 22 heteroatoms. The summed E-state index contributed by atoms with van der Waals surface area (Å²) in [5.41, 5.74) is 2.84. The highest BCUT2D eigenvalue weighted by Crippen LogP contribution is 2.14. The quantitative estimate of drug-likeness (QED) is 0.169. The van der Waals surface area contributed by atoms with Crippen molar-refractivity contribution in [2.24, 2.45) is 0 Å². The van der Waals surface area contributed by atoms with Gasteiger partial charge in [-0.25, -0.2) is 19.5 Å². The molecule has 0 aliphatic rings. The van der Waals surface area contributed by atoms with Gasteiger partial charge >= 0.3 is 5.97 Å². The highest BCUT2D eigenvalue weighted by Gasteiger charge is 2.13. The maximum Gasteiger partial charge on any atom is 0.335 e. The van der Waals surface area contributed by atoms with Crippen molar-refractivity contribution >= 4 is 76.4 Å². The number of carboxylic acids is 1. The van der Waals surface area contributed by atoms with Gasteiger partial charge in [0.05, 0.1) is 34.6 Å². The van der Waals surface area contributed by atoms with Crippen LogP contribution in [0.15, 0.2) is 72.8 Å². The summed E-state index contributed by atoms with van der Waals surface area (Å²) in [5, 5.41) is 39.5. The Kier molecular flexibility index (Phi) is 23.3. The summed E-state index contributed by atoms with van der Waals surface area (Å²) in [6.45, 7) is 0. The molecule has 3 rings (SSSR count). The summed E-state index contributed by atoms with van der Waals surface area (Å²) in [5.74, 6) is -1.45. The van der Waals surface area contributed by atoms with E-state index < -0.39 is 35.2 Å². The third kappa shape index (κ3) is 20.2. The van der Waals surface area contributed by atoms with Crippen LogP contribution >= 0.6 is 33.0 Å². The highest BCUT2D eigenvalue weighted by molar-refractivity contribution is 8.26. The fourth-order valence-corrected chi connectivity index (χ4v) is 2.56. The van der Waals surface area contributed by atoms with E-state index in [-0.39, 0.29) is 34.1 Å². The molecule has 0 atom stereocenters. The number of hydrogen-bond acceptors (Lipinski definition) is 13. The highest BCUT2D eigenvalue weighted by atomic mass is 36.0. The number of nitro benzene ring substituents is 3. The average molecular weight is 743 g/mol. The Hall–Kier alpha value is -4.63. The Labute approximate surface area is 282 Å². The minimum Gasteiger partial charge on any atom is -0.478 e. The van der Waals surface area contributed by atoms with Gasteiger partial charge < -0.3 is 9.94 Å². The standard InChI is InChI=1S/C9H10N2O4.C7H4ClNO3.C7H5NO4.C2H7NO.Cl2OS/c1-10(15-2)9(12)7-3-5-8(6-4-7)11(13)14;8-7(10)5-1-3-6(4-2-5)9(11)12;9-7(10)5-1-3-6(4-2-5)8(11)12;1-3-4-2;1-4(2)3/h3-6H,1-2H3;1-4H;1-4H,(H,9,10);3H,1-2H3;. The van der Waals surface area contributed by atoms with Crippen LogP contribution in [-0.4, -0.2) is 74.6 Å². The van der Waals surface area contributed by atoms with Crippen molar-refractivity contribution in [3.05, 3.63) is 120 Å². The number of rotatable bonds is 8. The minimum absolute atomic E-state index is 0.0422. The van der Waals surface area contributed by atoms with Crippen molar-refractivity contribution in [3.63, 3.8) is 0 Å². The Morgan fingerprint density at radius 2 is 1.02 bits per heavy atom. The summed E-state index contributed by atoms with van der Waals surface area (Å²) in [6, 6.07) is 15.1. The van der Waals surface area contributed by atoms with Crippen molar-refractivity contribution in [2.75, 3.05) is 28.3 Å². The van der Waals surface area contributed by atoms with Crippen LogP contribution in [0.2, 0.25) is 0 Å². The maximum absolute atomic E-state index is 11.5. The topological polar surface area (TPSA) is 252 Å². The molecular weight excluding hydrogens is 717 g/mol. The Morgan fingerprint density at radius 3 is 1.23 bits per heavy atom. The molecule has 0 aliphatic heterocycles. The number of hydroxylamine groups is 3. The predicted octanol–water partition coefficient (Wildman–Crippen LogP) is 5.30. The second-order valence-corrected chi connectivity index (χ2v) is 10.4. The lowest BCUT2D eigenvalue weighted by atomic mass is 10.2. The van der Waals surface area contributed by atoms with Gasteiger partial charge in [0.2, 0.25) is 9.23 Å². The molecule has 0 radical (unpaired) electrons. The predicted molar refractivity (Wildman–Crippen MR) is 171 cm³/mol. The van der Waals surface area contributed by atoms with Gasteiger partial charge in [0, 0.05) is 83.0 Å². The van der Waals surface area contributed by atoms with Gasteiger partial charge in [0.25, 0.3) is 28.2 Å². The van der Waals surface area contributed by atoms with Crippen LogP contribution in [0.4, 0.5) is 17.1 Å². The van der Waals surface area contributed by atoms with E-state index in [9.17, 15) is 44.7 Å². The first-order chi connectivity index (χ1) is 21.9. The third-order valence-corrected chi connectivity index (χ3v) is 4.94. The number of carboxylic acid groups (broad SMARTS) is 1. The van der Waals surface area contributed by atoms with Crippen LogP contribution in [-0.2, 0) is 18.9 Å². The van der Waals surface area contributed by atoms with E-state index in [2.05, 4.69) is 31.7 Å². The van der Waals surface area contributed by atoms with Crippen molar-refractivity contribution in [1.29, 1.82) is 0 Å². The van der Waals surface area contributed by atoms with Crippen LogP contribution in [0, 0.1) is 30.3 Å². The molecule has 1 amide bonds. The third-order valence-electron chi connectivity index (χ3n) is 4.72. The van der Waals surface area contributed by atoms with E-state index in [4.69, 9.17) is 25.8 Å². The van der Waals surface area contributed by atoms with Gasteiger partial charge in [-0.2, -0.15) is 0 Å². The van der Waals surface area contributed by atoms with Crippen molar-refractivity contribution in [1.82, 2.24) is 10.5 Å². The molecule has 3 aromatic carbocycles. The number of hydrogen-bond donors (Lipinski definition) is 2. The van der Waals surface area contributed by atoms with E-state index in [0.717, 1.165) is 17.2 Å². The number of nitro groups is 3. The zero-order chi connectivity index (χ0) is 36.7. The first-order valence-corrected chi connectivity index (χ1v) is 15.0. The first kappa shape index (κ1) is 44.5. The molecule has 0 saturated heterocycles. The van der Waals surface area contributed by atoms with E-state index in [1.54, 1.807) is 14.2 Å². The summed E-state index contributed by atoms with van der Waals surface area (Å²) in [6.07, 6.45) is 0. The number of halogens is 3. The Morgan fingerprint density at radius 1 is 0.745 bits per heavy atom. The number of nitrogens with one attached hydrogen (secondary N) is 1. The lowest BCUT2D eigenvalue weighted by Crippen LogP contribution is -2.25. The Bertz CT molecular complexity index is 1360. The van der Waals surface area contributed by atoms with E-state index in [1.165, 1.54) is 74.8 Å². The lowest BCUT2D eigenvalue weighted by molar-refractivity contribution is -0.385. The number of benzene rings is 3. The number of non-ortho nitro benzene ring substituents is 3. The minimum atomic E-state index is -1.67. The average Bonchev–Trinajstić information content (AvgIpc) is 3.04. The molecule has 3 aromatic rings. The van der Waals surface area contributed by atoms with Crippen LogP contribution in [0.25, 0.3) is 0 Å². The molecule has 0 bridgehead atoms. The number of carbonyl (C=O) groups is 3. The van der Waals surface area contributed by atoms with Gasteiger partial charge in [-0.3, -0.25) is 44.8 Å². The summed E-state index contributed by atoms with van der Waals surface area (Å²) in [4.78, 5) is 70.3. The number of amides is 1. The molecule has 0 unspecified atom stereocenters. The zero-order valence-electron chi connectivity index (χ0n) is 24.6. The lowest BCUT2D eigenvalue weighted by Gasteiger charge is -2.12. The summed E-state index contributed by atoms with van der Waals surface area (Å²) in [7, 11) is 13.5. The molecular formula is C25H26Cl3N5O13S. The summed E-state index contributed by atoms with van der Waals surface area (Å²) >= 11 is 5.13. The van der Waals surface area contributed by atoms with Crippen LogP contribution in [0.3, 0.4) is 0 Å². The summed E-state index contributed by atoms with van der Waals surface area (Å²) < 4.78 is 9.09. The second-order valence-electron chi connectivity index (χ2n) is 7.57. The van der Waals surface area contributed by atoms with Gasteiger partial charge in [0.15, 0.2) is 0 Å². The fraction of sp³-hybridized carbons (Fsp3) is 0.160. The van der Waals surface area contributed by atoms with Gasteiger partial charge in [-0.1, -0.05) is 0 Å². The molecule has 2 N–H and O–H groups in total. The molecule has 0 spiro atoms. The fourth-order valence-electron chi connectivity index (χ4n) is 2.43. The van der Waals surface area contributed by atoms with Crippen LogP contribution < -0.4 is 5.48 Å². The maximum atomic E-state index is 11.5. The largest absolute Gasteiger partial charge is 0.478 e. The van der Waals surface area contributed by atoms with Gasteiger partial charge in [0.1, 0.15) is 0 Å². The van der Waals surface area contributed by atoms with Crippen LogP contribution in [0.5, 0.6) is 0 Å². The number of nitrogens with zero attached hydrogens (tertiary/aromatic N) is 4. The molecule has 0 fully saturated rings. The molecule has 0 heterocycles. The molecule has 18 nitrogen and oxygen atoms in total. The smallest absolute Gasteiger partial charge is 0.335 e. The van der Waals surface area contributed by atoms with E-state index in [1.807, 2.05) is 0 Å². The molecule has 0 saturated carbocycles. The molecule has 47 heavy (non-hydrogen) atoms. The van der Waals surface area contributed by atoms with Gasteiger partial charge in [-0.15, -0.1) is 0 Å².